The predicted octanol–water partition coefficient (Wildman–Crippen LogP) is 3.10. The molecule has 0 spiro atoms. The molecule has 0 fully saturated rings. The van der Waals surface area contributed by atoms with Crippen molar-refractivity contribution in [3.63, 3.8) is 0 Å². The van der Waals surface area contributed by atoms with Crippen LogP contribution in [-0.2, 0) is 0 Å². The van der Waals surface area contributed by atoms with Crippen molar-refractivity contribution < 1.29 is 4.39 Å². The van der Waals surface area contributed by atoms with Gasteiger partial charge in [0.05, 0.1) is 10.7 Å². The molecule has 0 aliphatic heterocycles. The number of rotatable bonds is 1. The highest BCUT2D eigenvalue weighted by Crippen LogP contribution is 2.32. The number of aromatic nitrogens is 2. The number of nitrogen functional groups attached to an aromatic ring is 1. The van der Waals surface area contributed by atoms with Crippen LogP contribution in [0.15, 0.2) is 18.2 Å². The number of H-pyrrole nitrogens is 1. The average molecular weight is 246 g/mol. The molecule has 6 heteroatoms. The predicted molar refractivity (Wildman–Crippen MR) is 58.4 cm³/mol. The van der Waals surface area contributed by atoms with Gasteiger partial charge in [-0.05, 0) is 12.1 Å². The van der Waals surface area contributed by atoms with Crippen molar-refractivity contribution in [3.05, 3.63) is 34.1 Å². The lowest BCUT2D eigenvalue weighted by Crippen LogP contribution is -1.85. The van der Waals surface area contributed by atoms with Crippen LogP contribution in [0.3, 0.4) is 0 Å². The normalized spacial score (nSPS) is 10.6. The first-order chi connectivity index (χ1) is 7.08. The number of anilines is 1. The number of halogens is 3. The molecule has 0 aliphatic carbocycles. The molecule has 1 aromatic carbocycles. The first-order valence-electron chi connectivity index (χ1n) is 4.03. The van der Waals surface area contributed by atoms with Crippen molar-refractivity contribution in [1.29, 1.82) is 0 Å². The molecule has 0 atom stereocenters. The summed E-state index contributed by atoms with van der Waals surface area (Å²) in [6, 6.07) is 4.24. The van der Waals surface area contributed by atoms with Gasteiger partial charge in [0, 0.05) is 16.7 Å². The van der Waals surface area contributed by atoms with Crippen LogP contribution < -0.4 is 5.73 Å². The van der Waals surface area contributed by atoms with E-state index >= 15 is 0 Å². The number of benzene rings is 1. The number of nitrogens with one attached hydrogen (secondary N) is 1. The number of hydrogen-bond donors (Lipinski definition) is 2. The molecule has 3 N–H and O–H groups in total. The van der Waals surface area contributed by atoms with Crippen LogP contribution in [-0.4, -0.2) is 10.2 Å². The molecular formula is C9H6Cl2FN3. The zero-order valence-electron chi connectivity index (χ0n) is 7.39. The van der Waals surface area contributed by atoms with Crippen molar-refractivity contribution in [2.45, 2.75) is 0 Å². The molecule has 1 heterocycles. The molecule has 0 radical (unpaired) electrons. The van der Waals surface area contributed by atoms with E-state index < -0.39 is 5.82 Å². The van der Waals surface area contributed by atoms with Crippen molar-refractivity contribution in [1.82, 2.24) is 10.2 Å². The Morgan fingerprint density at radius 1 is 1.27 bits per heavy atom. The molecule has 78 valence electrons. The van der Waals surface area contributed by atoms with E-state index in [4.69, 9.17) is 28.9 Å². The highest BCUT2D eigenvalue weighted by atomic mass is 35.5. The molecule has 0 unspecified atom stereocenters. The molecule has 2 aromatic rings. The zero-order chi connectivity index (χ0) is 11.0. The topological polar surface area (TPSA) is 54.7 Å². The number of aromatic amines is 1. The summed E-state index contributed by atoms with van der Waals surface area (Å²) < 4.78 is 13.3. The minimum atomic E-state index is -0.577. The van der Waals surface area contributed by atoms with Crippen LogP contribution in [0.5, 0.6) is 0 Å². The van der Waals surface area contributed by atoms with Crippen molar-refractivity contribution in [3.8, 4) is 11.3 Å². The van der Waals surface area contributed by atoms with Crippen LogP contribution >= 0.6 is 23.2 Å². The van der Waals surface area contributed by atoms with E-state index in [2.05, 4.69) is 10.2 Å². The zero-order valence-corrected chi connectivity index (χ0v) is 8.90. The Morgan fingerprint density at radius 2 is 2.00 bits per heavy atom. The minimum Gasteiger partial charge on any atom is -0.382 e. The second kappa shape index (κ2) is 3.72. The molecule has 1 aromatic heterocycles. The molecule has 0 amide bonds. The fourth-order valence-electron chi connectivity index (χ4n) is 1.23. The molecule has 3 nitrogen and oxygen atoms in total. The van der Waals surface area contributed by atoms with E-state index in [0.717, 1.165) is 6.07 Å². The van der Waals surface area contributed by atoms with Gasteiger partial charge in [-0.2, -0.15) is 5.10 Å². The van der Waals surface area contributed by atoms with Gasteiger partial charge in [-0.25, -0.2) is 4.39 Å². The van der Waals surface area contributed by atoms with Gasteiger partial charge < -0.3 is 5.73 Å². The summed E-state index contributed by atoms with van der Waals surface area (Å²) in [5.74, 6) is -0.270. The summed E-state index contributed by atoms with van der Waals surface area (Å²) in [5, 5.41) is 6.61. The van der Waals surface area contributed by atoms with E-state index in [9.17, 15) is 4.39 Å². The van der Waals surface area contributed by atoms with Crippen LogP contribution in [0.1, 0.15) is 0 Å². The van der Waals surface area contributed by atoms with Gasteiger partial charge in [0.15, 0.2) is 0 Å². The number of nitrogens with two attached hydrogens (primary N) is 1. The minimum absolute atomic E-state index is 0.0111. The fourth-order valence-corrected chi connectivity index (χ4v) is 1.64. The van der Waals surface area contributed by atoms with Crippen molar-refractivity contribution in [2.75, 3.05) is 5.73 Å². The van der Waals surface area contributed by atoms with Gasteiger partial charge in [-0.3, -0.25) is 5.10 Å². The number of nitrogens with zero attached hydrogens (tertiary/aromatic N) is 1. The first kappa shape index (κ1) is 10.3. The van der Waals surface area contributed by atoms with Crippen LogP contribution in [0.4, 0.5) is 10.2 Å². The molecule has 2 rings (SSSR count). The first-order valence-corrected chi connectivity index (χ1v) is 4.79. The monoisotopic (exact) mass is 245 g/mol. The Labute approximate surface area is 95.0 Å². The summed E-state index contributed by atoms with van der Waals surface area (Å²) in [5.41, 5.74) is 6.39. The summed E-state index contributed by atoms with van der Waals surface area (Å²) in [6.07, 6.45) is 0. The summed E-state index contributed by atoms with van der Waals surface area (Å²) in [4.78, 5) is 0. The average Bonchev–Trinajstić information content (AvgIpc) is 2.58. The molecule has 0 aliphatic rings. The van der Waals surface area contributed by atoms with Gasteiger partial charge in [0.2, 0.25) is 0 Å². The third kappa shape index (κ3) is 1.91. The second-order valence-electron chi connectivity index (χ2n) is 2.96. The summed E-state index contributed by atoms with van der Waals surface area (Å²) in [6.45, 7) is 0. The maximum Gasteiger partial charge on any atom is 0.145 e. The van der Waals surface area contributed by atoms with Gasteiger partial charge in [-0.15, -0.1) is 0 Å². The fraction of sp³-hybridized carbons (Fsp3) is 0. The highest BCUT2D eigenvalue weighted by molar-refractivity contribution is 6.35. The van der Waals surface area contributed by atoms with Gasteiger partial charge in [-0.1, -0.05) is 23.2 Å². The Bertz CT molecular complexity index is 510. The Morgan fingerprint density at radius 3 is 2.60 bits per heavy atom. The Kier molecular flexibility index (Phi) is 2.54. The molecule has 0 bridgehead atoms. The highest BCUT2D eigenvalue weighted by Gasteiger charge is 2.11. The molecule has 0 saturated heterocycles. The SMILES string of the molecule is Nc1cc(-c2cc(Cl)cc(F)c2Cl)[nH]n1. The second-order valence-corrected chi connectivity index (χ2v) is 3.77. The van der Waals surface area contributed by atoms with Crippen molar-refractivity contribution >= 4 is 29.0 Å². The largest absolute Gasteiger partial charge is 0.382 e. The Balaban J connectivity index is 2.62. The maximum absolute atomic E-state index is 13.3. The standard InChI is InChI=1S/C9H6Cl2FN3/c10-4-1-5(9(11)6(12)2-4)7-3-8(13)15-14-7/h1-3H,(H3,13,14,15). The van der Waals surface area contributed by atoms with Crippen LogP contribution in [0.2, 0.25) is 10.0 Å². The lowest BCUT2D eigenvalue weighted by molar-refractivity contribution is 0.629. The number of hydrogen-bond acceptors (Lipinski definition) is 2. The summed E-state index contributed by atoms with van der Waals surface area (Å²) >= 11 is 11.5. The van der Waals surface area contributed by atoms with Gasteiger partial charge >= 0.3 is 0 Å². The van der Waals surface area contributed by atoms with E-state index in [1.807, 2.05) is 0 Å². The van der Waals surface area contributed by atoms with E-state index in [0.29, 0.717) is 17.1 Å². The Hall–Kier alpha value is -1.26. The van der Waals surface area contributed by atoms with Crippen molar-refractivity contribution in [2.24, 2.45) is 0 Å². The van der Waals surface area contributed by atoms with Gasteiger partial charge in [0.1, 0.15) is 11.6 Å². The van der Waals surface area contributed by atoms with Crippen LogP contribution in [0.25, 0.3) is 11.3 Å². The lowest BCUT2D eigenvalue weighted by atomic mass is 10.1. The summed E-state index contributed by atoms with van der Waals surface area (Å²) in [7, 11) is 0. The van der Waals surface area contributed by atoms with Crippen LogP contribution in [0, 0.1) is 5.82 Å². The van der Waals surface area contributed by atoms with E-state index in [-0.39, 0.29) is 10.0 Å². The molecular weight excluding hydrogens is 240 g/mol. The quantitative estimate of drug-likeness (QED) is 0.759. The lowest BCUT2D eigenvalue weighted by Gasteiger charge is -2.03. The third-order valence-corrected chi connectivity index (χ3v) is 2.48. The maximum atomic E-state index is 13.3. The smallest absolute Gasteiger partial charge is 0.145 e. The third-order valence-electron chi connectivity index (χ3n) is 1.88. The van der Waals surface area contributed by atoms with E-state index in [1.165, 1.54) is 0 Å². The molecule has 0 saturated carbocycles. The van der Waals surface area contributed by atoms with E-state index in [1.54, 1.807) is 12.1 Å². The molecule has 15 heavy (non-hydrogen) atoms. The van der Waals surface area contributed by atoms with Gasteiger partial charge in [0.25, 0.3) is 0 Å².